The lowest BCUT2D eigenvalue weighted by Crippen LogP contribution is -2.58. The average molecular weight is 543 g/mol. The molecular formula is C31H30N2O7. The maximum atomic E-state index is 13.0. The van der Waals surface area contributed by atoms with E-state index in [-0.39, 0.29) is 42.9 Å². The van der Waals surface area contributed by atoms with Crippen LogP contribution in [0.2, 0.25) is 0 Å². The molecule has 4 rings (SSSR count). The van der Waals surface area contributed by atoms with E-state index in [4.69, 9.17) is 14.2 Å². The second-order valence-electron chi connectivity index (χ2n) is 10.5. The fraction of sp³-hybridized carbons (Fsp3) is 0.290. The molecule has 0 heterocycles. The van der Waals surface area contributed by atoms with Crippen molar-refractivity contribution in [1.82, 2.24) is 5.32 Å². The molecule has 1 aliphatic rings. The number of nitriles is 1. The van der Waals surface area contributed by atoms with E-state index in [1.807, 2.05) is 30.3 Å². The minimum absolute atomic E-state index is 0.0507. The second-order valence-corrected chi connectivity index (χ2v) is 10.5. The van der Waals surface area contributed by atoms with Crippen LogP contribution in [0, 0.1) is 11.3 Å². The molecule has 9 nitrogen and oxygen atoms in total. The predicted molar refractivity (Wildman–Crippen MR) is 145 cm³/mol. The molecule has 1 amide bonds. The first-order valence-electron chi connectivity index (χ1n) is 12.8. The summed E-state index contributed by atoms with van der Waals surface area (Å²) in [4.78, 5) is 38.1. The number of hydrogen-bond acceptors (Lipinski definition) is 7. The second kappa shape index (κ2) is 11.5. The minimum Gasteiger partial charge on any atom is -0.479 e. The van der Waals surface area contributed by atoms with Gasteiger partial charge in [-0.25, -0.2) is 14.4 Å². The zero-order valence-corrected chi connectivity index (χ0v) is 22.5. The first kappa shape index (κ1) is 28.2. The molecule has 1 aliphatic carbocycles. The van der Waals surface area contributed by atoms with Crippen LogP contribution in [0.25, 0.3) is 0 Å². The number of nitrogens with zero attached hydrogens (tertiary/aromatic N) is 1. The maximum Gasteiger partial charge on any atom is 0.408 e. The van der Waals surface area contributed by atoms with E-state index >= 15 is 0 Å². The Balaban J connectivity index is 1.65. The van der Waals surface area contributed by atoms with Crippen molar-refractivity contribution in [2.45, 2.75) is 57.8 Å². The summed E-state index contributed by atoms with van der Waals surface area (Å²) in [5.41, 5.74) is -0.0217. The van der Waals surface area contributed by atoms with Crippen LogP contribution in [0.15, 0.2) is 66.7 Å². The molecule has 1 atom stereocenters. The van der Waals surface area contributed by atoms with E-state index in [1.165, 1.54) is 0 Å². The molecule has 0 spiro atoms. The summed E-state index contributed by atoms with van der Waals surface area (Å²) < 4.78 is 17.0. The van der Waals surface area contributed by atoms with Gasteiger partial charge in [0.25, 0.3) is 0 Å². The van der Waals surface area contributed by atoms with E-state index in [1.54, 1.807) is 57.2 Å². The zero-order chi connectivity index (χ0) is 28.9. The number of carbonyl (C=O) groups is 3. The Hall–Kier alpha value is -4.84. The van der Waals surface area contributed by atoms with Crippen molar-refractivity contribution >= 4 is 18.0 Å². The lowest BCUT2D eigenvalue weighted by Gasteiger charge is -2.36. The van der Waals surface area contributed by atoms with Gasteiger partial charge in [-0.1, -0.05) is 42.5 Å². The highest BCUT2D eigenvalue weighted by Gasteiger charge is 2.45. The molecule has 0 aliphatic heterocycles. The van der Waals surface area contributed by atoms with Crippen molar-refractivity contribution in [3.8, 4) is 17.6 Å². The van der Waals surface area contributed by atoms with Gasteiger partial charge in [0.05, 0.1) is 11.6 Å². The summed E-state index contributed by atoms with van der Waals surface area (Å²) in [6, 6.07) is 21.1. The van der Waals surface area contributed by atoms with Crippen molar-refractivity contribution in [3.63, 3.8) is 0 Å². The van der Waals surface area contributed by atoms with E-state index in [0.29, 0.717) is 16.7 Å². The van der Waals surface area contributed by atoms with Crippen LogP contribution in [0.3, 0.4) is 0 Å². The van der Waals surface area contributed by atoms with E-state index in [0.717, 1.165) is 5.56 Å². The Morgan fingerprint density at radius 1 is 0.975 bits per heavy atom. The summed E-state index contributed by atoms with van der Waals surface area (Å²) in [5.74, 6) is -1.34. The number of carbonyl (C=O) groups excluding carboxylic acids is 2. The van der Waals surface area contributed by atoms with Crippen LogP contribution in [-0.2, 0) is 33.7 Å². The largest absolute Gasteiger partial charge is 0.479 e. The monoisotopic (exact) mass is 542 g/mol. The number of fused-ring (bicyclic) bond motifs is 1. The topological polar surface area (TPSA) is 135 Å². The van der Waals surface area contributed by atoms with Gasteiger partial charge in [-0.05, 0) is 69.0 Å². The van der Waals surface area contributed by atoms with Crippen molar-refractivity contribution < 1.29 is 33.7 Å². The SMILES string of the molecule is CC(C)(C)OC(=O)N[C@@]1(C(=O)O)CCc2c(C#N)ccc(Oc3ccccc3C(=O)OCc3ccccc3)c2C1. The van der Waals surface area contributed by atoms with E-state index in [2.05, 4.69) is 11.4 Å². The first-order chi connectivity index (χ1) is 19.0. The molecule has 9 heteroatoms. The number of benzene rings is 3. The third kappa shape index (κ3) is 6.41. The highest BCUT2D eigenvalue weighted by atomic mass is 16.6. The number of carboxylic acids is 1. The van der Waals surface area contributed by atoms with Gasteiger partial charge in [-0.2, -0.15) is 5.26 Å². The summed E-state index contributed by atoms with van der Waals surface area (Å²) in [5, 5.41) is 22.4. The Kier molecular flexibility index (Phi) is 8.10. The quantitative estimate of drug-likeness (QED) is 0.371. The third-order valence-electron chi connectivity index (χ3n) is 6.48. The van der Waals surface area contributed by atoms with Crippen molar-refractivity contribution in [3.05, 3.63) is 94.5 Å². The molecule has 0 fully saturated rings. The van der Waals surface area contributed by atoms with Crippen LogP contribution < -0.4 is 10.1 Å². The van der Waals surface area contributed by atoms with Crippen molar-refractivity contribution in [2.75, 3.05) is 0 Å². The van der Waals surface area contributed by atoms with E-state index < -0.39 is 29.2 Å². The van der Waals surface area contributed by atoms with Crippen LogP contribution in [0.4, 0.5) is 4.79 Å². The van der Waals surface area contributed by atoms with Gasteiger partial charge in [-0.3, -0.25) is 0 Å². The molecule has 40 heavy (non-hydrogen) atoms. The molecule has 3 aromatic rings. The molecule has 2 N–H and O–H groups in total. The van der Waals surface area contributed by atoms with Gasteiger partial charge < -0.3 is 24.6 Å². The molecule has 0 saturated heterocycles. The summed E-state index contributed by atoms with van der Waals surface area (Å²) in [6.45, 7) is 5.13. The molecular weight excluding hydrogens is 512 g/mol. The predicted octanol–water partition coefficient (Wildman–Crippen LogP) is 5.54. The van der Waals surface area contributed by atoms with Gasteiger partial charge >= 0.3 is 18.0 Å². The van der Waals surface area contributed by atoms with Crippen LogP contribution in [0.1, 0.15) is 59.8 Å². The lowest BCUT2D eigenvalue weighted by atomic mass is 9.76. The first-order valence-corrected chi connectivity index (χ1v) is 12.8. The van der Waals surface area contributed by atoms with Gasteiger partial charge in [0.1, 0.15) is 34.8 Å². The maximum absolute atomic E-state index is 13.0. The molecule has 0 saturated carbocycles. The summed E-state index contributed by atoms with van der Waals surface area (Å²) in [7, 11) is 0. The van der Waals surface area contributed by atoms with Crippen LogP contribution in [0.5, 0.6) is 11.5 Å². The number of esters is 1. The Morgan fingerprint density at radius 3 is 2.35 bits per heavy atom. The van der Waals surface area contributed by atoms with Crippen molar-refractivity contribution in [2.24, 2.45) is 0 Å². The molecule has 0 unspecified atom stereocenters. The molecule has 206 valence electrons. The molecule has 3 aromatic carbocycles. The number of para-hydroxylation sites is 1. The molecule has 0 aromatic heterocycles. The number of ether oxygens (including phenoxy) is 3. The Bertz CT molecular complexity index is 1470. The highest BCUT2D eigenvalue weighted by molar-refractivity contribution is 5.92. The zero-order valence-electron chi connectivity index (χ0n) is 22.5. The fourth-order valence-electron chi connectivity index (χ4n) is 4.57. The van der Waals surface area contributed by atoms with E-state index in [9.17, 15) is 24.8 Å². The Morgan fingerprint density at radius 2 is 1.68 bits per heavy atom. The highest BCUT2D eigenvalue weighted by Crippen LogP contribution is 2.39. The fourth-order valence-corrected chi connectivity index (χ4v) is 4.57. The molecule has 0 bridgehead atoms. The number of rotatable bonds is 7. The number of amides is 1. The van der Waals surface area contributed by atoms with Crippen LogP contribution >= 0.6 is 0 Å². The molecule has 0 radical (unpaired) electrons. The summed E-state index contributed by atoms with van der Waals surface area (Å²) in [6.07, 6.45) is -0.751. The number of aliphatic carboxylic acids is 1. The minimum atomic E-state index is -1.68. The number of alkyl carbamates (subject to hydrolysis) is 1. The van der Waals surface area contributed by atoms with Gasteiger partial charge in [0.2, 0.25) is 0 Å². The standard InChI is InChI=1S/C31H30N2O7/c1-30(2,3)40-29(37)33-31(28(35)36)16-15-22-21(18-32)13-14-26(24(22)17-31)39-25-12-8-7-11-23(25)27(34)38-19-20-9-5-4-6-10-20/h4-14H,15-17,19H2,1-3H3,(H,33,37)(H,35,36)/t31-/m0/s1. The Labute approximate surface area is 232 Å². The van der Waals surface area contributed by atoms with Crippen molar-refractivity contribution in [1.29, 1.82) is 5.26 Å². The van der Waals surface area contributed by atoms with Crippen LogP contribution in [-0.4, -0.2) is 34.3 Å². The van der Waals surface area contributed by atoms with Gasteiger partial charge in [-0.15, -0.1) is 0 Å². The third-order valence-corrected chi connectivity index (χ3v) is 6.48. The number of hydrogen-bond donors (Lipinski definition) is 2. The average Bonchev–Trinajstić information content (AvgIpc) is 2.91. The summed E-state index contributed by atoms with van der Waals surface area (Å²) >= 11 is 0. The van der Waals surface area contributed by atoms with Gasteiger partial charge in [0.15, 0.2) is 0 Å². The lowest BCUT2D eigenvalue weighted by molar-refractivity contribution is -0.145. The smallest absolute Gasteiger partial charge is 0.408 e. The number of nitrogens with one attached hydrogen (secondary N) is 1. The van der Waals surface area contributed by atoms with Gasteiger partial charge in [0, 0.05) is 12.0 Å². The normalized spacial score (nSPS) is 16.1. The number of carboxylic acid groups (broad SMARTS) is 1.